The van der Waals surface area contributed by atoms with E-state index in [1.807, 2.05) is 0 Å². The second-order valence-electron chi connectivity index (χ2n) is 4.47. The highest BCUT2D eigenvalue weighted by Crippen LogP contribution is 2.51. The number of rotatable bonds is 7. The lowest BCUT2D eigenvalue weighted by Gasteiger charge is -2.14. The van der Waals surface area contributed by atoms with Crippen molar-refractivity contribution < 1.29 is 18.1 Å². The summed E-state index contributed by atoms with van der Waals surface area (Å²) >= 11 is 0. The Morgan fingerprint density at radius 3 is 2.41 bits per heavy atom. The van der Waals surface area contributed by atoms with Crippen LogP contribution in [0.25, 0.3) is 11.3 Å². The first kappa shape index (κ1) is 16.4. The van der Waals surface area contributed by atoms with E-state index in [9.17, 15) is 4.57 Å². The van der Waals surface area contributed by atoms with E-state index in [0.29, 0.717) is 30.2 Å². The van der Waals surface area contributed by atoms with Crippen LogP contribution >= 0.6 is 7.60 Å². The summed E-state index contributed by atoms with van der Waals surface area (Å²) in [7, 11) is -3.21. The Kier molecular flexibility index (Phi) is 5.51. The van der Waals surface area contributed by atoms with Crippen molar-refractivity contribution in [2.75, 3.05) is 13.2 Å². The monoisotopic (exact) mass is 320 g/mol. The molecule has 6 nitrogen and oxygen atoms in total. The maximum absolute atomic E-state index is 12.4. The highest BCUT2D eigenvalue weighted by atomic mass is 31.2. The zero-order valence-corrected chi connectivity index (χ0v) is 13.4. The highest BCUT2D eigenvalue weighted by molar-refractivity contribution is 7.53. The third-order valence-electron chi connectivity index (χ3n) is 2.87. The molecular formula is C15H17N2O4P. The Bertz CT molecular complexity index is 693. The number of hydrogen-bond donors (Lipinski definition) is 0. The number of hydrogen-bond acceptors (Lipinski definition) is 6. The molecule has 0 amide bonds. The van der Waals surface area contributed by atoms with E-state index in [2.05, 4.69) is 11.2 Å². The van der Waals surface area contributed by atoms with Gasteiger partial charge in [0.15, 0.2) is 0 Å². The van der Waals surface area contributed by atoms with Crippen LogP contribution in [0.15, 0.2) is 34.9 Å². The van der Waals surface area contributed by atoms with Crippen LogP contribution in [-0.4, -0.2) is 18.4 Å². The molecule has 0 saturated carbocycles. The Morgan fingerprint density at radius 2 is 1.86 bits per heavy atom. The number of benzene rings is 1. The standard InChI is InChI=1S/C15H17N2O4P/c1-3-19-22(18,20-4-2)11-14-9-15(17-21-14)13-7-5-12(10-16)6-8-13/h5-9H,3-4,11H2,1-2H3. The van der Waals surface area contributed by atoms with E-state index < -0.39 is 7.60 Å². The average molecular weight is 320 g/mol. The van der Waals surface area contributed by atoms with Gasteiger partial charge in [-0.1, -0.05) is 17.3 Å². The van der Waals surface area contributed by atoms with Crippen LogP contribution < -0.4 is 0 Å². The number of nitriles is 1. The molecule has 116 valence electrons. The van der Waals surface area contributed by atoms with Crippen molar-refractivity contribution in [1.82, 2.24) is 5.16 Å². The molecule has 0 unspecified atom stereocenters. The molecule has 0 aliphatic rings. The molecule has 0 saturated heterocycles. The minimum Gasteiger partial charge on any atom is -0.360 e. The fourth-order valence-electron chi connectivity index (χ4n) is 1.95. The first-order chi connectivity index (χ1) is 10.6. The normalized spacial score (nSPS) is 11.3. The minimum absolute atomic E-state index is 0.0396. The van der Waals surface area contributed by atoms with Gasteiger partial charge in [-0.25, -0.2) is 0 Å². The summed E-state index contributed by atoms with van der Waals surface area (Å²) in [6.45, 7) is 4.12. The van der Waals surface area contributed by atoms with Crippen molar-refractivity contribution in [3.8, 4) is 17.3 Å². The van der Waals surface area contributed by atoms with E-state index in [1.165, 1.54) is 0 Å². The van der Waals surface area contributed by atoms with Gasteiger partial charge < -0.3 is 13.6 Å². The zero-order valence-electron chi connectivity index (χ0n) is 12.5. The van der Waals surface area contributed by atoms with Gasteiger partial charge in [-0.3, -0.25) is 4.57 Å². The van der Waals surface area contributed by atoms with Gasteiger partial charge in [0.05, 0.1) is 24.8 Å². The van der Waals surface area contributed by atoms with Gasteiger partial charge in [0.2, 0.25) is 0 Å². The smallest absolute Gasteiger partial charge is 0.338 e. The van der Waals surface area contributed by atoms with E-state index >= 15 is 0 Å². The lowest BCUT2D eigenvalue weighted by atomic mass is 10.1. The third-order valence-corrected chi connectivity index (χ3v) is 4.87. The van der Waals surface area contributed by atoms with Crippen LogP contribution in [0.2, 0.25) is 0 Å². The molecular weight excluding hydrogens is 303 g/mol. The molecule has 1 heterocycles. The van der Waals surface area contributed by atoms with Crippen LogP contribution in [0.4, 0.5) is 0 Å². The summed E-state index contributed by atoms with van der Waals surface area (Å²) in [4.78, 5) is 0. The van der Waals surface area contributed by atoms with Crippen molar-refractivity contribution in [3.63, 3.8) is 0 Å². The SMILES string of the molecule is CCOP(=O)(Cc1cc(-c2ccc(C#N)cc2)no1)OCC. The van der Waals surface area contributed by atoms with Crippen molar-refractivity contribution in [2.45, 2.75) is 20.0 Å². The second kappa shape index (κ2) is 7.37. The molecule has 0 radical (unpaired) electrons. The van der Waals surface area contributed by atoms with E-state index in [0.717, 1.165) is 5.56 Å². The molecule has 1 aromatic heterocycles. The van der Waals surface area contributed by atoms with Crippen molar-refractivity contribution in [3.05, 3.63) is 41.7 Å². The highest BCUT2D eigenvalue weighted by Gasteiger charge is 2.26. The van der Waals surface area contributed by atoms with Crippen molar-refractivity contribution in [1.29, 1.82) is 5.26 Å². The van der Waals surface area contributed by atoms with Crippen molar-refractivity contribution >= 4 is 7.60 Å². The van der Waals surface area contributed by atoms with Crippen LogP contribution in [0.3, 0.4) is 0 Å². The Balaban J connectivity index is 2.16. The van der Waals surface area contributed by atoms with Gasteiger partial charge in [-0.2, -0.15) is 5.26 Å². The largest absolute Gasteiger partial charge is 0.360 e. The molecule has 0 spiro atoms. The van der Waals surface area contributed by atoms with Gasteiger partial charge in [0, 0.05) is 11.6 Å². The van der Waals surface area contributed by atoms with Crippen LogP contribution in [0.1, 0.15) is 25.2 Å². The first-order valence-electron chi connectivity index (χ1n) is 6.94. The zero-order chi connectivity index (χ0) is 16.0. The first-order valence-corrected chi connectivity index (χ1v) is 8.67. The topological polar surface area (TPSA) is 85.4 Å². The number of aromatic nitrogens is 1. The molecule has 0 bridgehead atoms. The van der Waals surface area contributed by atoms with E-state index in [1.54, 1.807) is 44.2 Å². The molecule has 2 aromatic rings. The lowest BCUT2D eigenvalue weighted by molar-refractivity contribution is 0.216. The molecule has 2 rings (SSSR count). The van der Waals surface area contributed by atoms with Crippen LogP contribution in [0.5, 0.6) is 0 Å². The summed E-state index contributed by atoms with van der Waals surface area (Å²) in [5, 5.41) is 12.7. The fourth-order valence-corrected chi connectivity index (χ4v) is 3.53. The number of nitrogens with zero attached hydrogens (tertiary/aromatic N) is 2. The Hall–Kier alpha value is -1.93. The summed E-state index contributed by atoms with van der Waals surface area (Å²) in [5.41, 5.74) is 2.00. The molecule has 1 aromatic carbocycles. The minimum atomic E-state index is -3.21. The molecule has 22 heavy (non-hydrogen) atoms. The van der Waals surface area contributed by atoms with Gasteiger partial charge in [-0.15, -0.1) is 0 Å². The summed E-state index contributed by atoms with van der Waals surface area (Å²) in [6.07, 6.45) is 0.0396. The summed E-state index contributed by atoms with van der Waals surface area (Å²) in [6, 6.07) is 10.7. The van der Waals surface area contributed by atoms with Gasteiger partial charge >= 0.3 is 7.60 Å². The molecule has 0 atom stereocenters. The van der Waals surface area contributed by atoms with Crippen LogP contribution in [-0.2, 0) is 19.8 Å². The quantitative estimate of drug-likeness (QED) is 0.717. The maximum atomic E-state index is 12.4. The summed E-state index contributed by atoms with van der Waals surface area (Å²) in [5.74, 6) is 0.435. The van der Waals surface area contributed by atoms with E-state index in [-0.39, 0.29) is 6.16 Å². The molecule has 0 fully saturated rings. The fraction of sp³-hybridized carbons (Fsp3) is 0.333. The van der Waals surface area contributed by atoms with Gasteiger partial charge in [0.1, 0.15) is 17.6 Å². The van der Waals surface area contributed by atoms with Crippen LogP contribution in [0, 0.1) is 11.3 Å². The Morgan fingerprint density at radius 1 is 1.23 bits per heavy atom. The molecule has 0 N–H and O–H groups in total. The van der Waals surface area contributed by atoms with Gasteiger partial charge in [-0.05, 0) is 26.0 Å². The Labute approximate surface area is 129 Å². The molecule has 0 aliphatic heterocycles. The van der Waals surface area contributed by atoms with E-state index in [4.69, 9.17) is 18.8 Å². The van der Waals surface area contributed by atoms with Gasteiger partial charge in [0.25, 0.3) is 0 Å². The summed E-state index contributed by atoms with van der Waals surface area (Å²) < 4.78 is 28.1. The second-order valence-corrected chi connectivity index (χ2v) is 6.53. The third kappa shape index (κ3) is 4.05. The van der Waals surface area contributed by atoms with Crippen molar-refractivity contribution in [2.24, 2.45) is 0 Å². The predicted octanol–water partition coefficient (Wildman–Crippen LogP) is 3.98. The maximum Gasteiger partial charge on any atom is 0.338 e. The molecule has 7 heteroatoms. The molecule has 0 aliphatic carbocycles. The lowest BCUT2D eigenvalue weighted by Crippen LogP contribution is -1.98. The predicted molar refractivity (Wildman–Crippen MR) is 81.2 cm³/mol. The average Bonchev–Trinajstić information content (AvgIpc) is 2.96.